The van der Waals surface area contributed by atoms with Gasteiger partial charge in [0, 0.05) is 37.4 Å². The fraction of sp³-hybridized carbons (Fsp3) is 0.769. The van der Waals surface area contributed by atoms with Crippen LogP contribution in [0.25, 0.3) is 0 Å². The van der Waals surface area contributed by atoms with Crippen molar-refractivity contribution in [1.82, 2.24) is 14.1 Å². The molecule has 114 valence electrons. The zero-order valence-electron chi connectivity index (χ0n) is 12.2. The molecule has 2 unspecified atom stereocenters. The maximum absolute atomic E-state index is 11.6. The molecule has 0 bridgehead atoms. The van der Waals surface area contributed by atoms with Crippen LogP contribution < -0.4 is 5.73 Å². The van der Waals surface area contributed by atoms with Crippen LogP contribution in [-0.4, -0.2) is 41.8 Å². The SMILES string of the molecule is CCC(N)c1cnn(CC2CCCN(S(C)(=O)=O)C2)c1. The van der Waals surface area contributed by atoms with Gasteiger partial charge in [0.15, 0.2) is 0 Å². The lowest BCUT2D eigenvalue weighted by Crippen LogP contribution is -2.40. The Kier molecular flexibility index (Phi) is 4.82. The van der Waals surface area contributed by atoms with Crippen molar-refractivity contribution in [2.75, 3.05) is 19.3 Å². The highest BCUT2D eigenvalue weighted by Gasteiger charge is 2.26. The van der Waals surface area contributed by atoms with E-state index >= 15 is 0 Å². The van der Waals surface area contributed by atoms with Crippen molar-refractivity contribution in [2.24, 2.45) is 11.7 Å². The normalized spacial score (nSPS) is 22.9. The van der Waals surface area contributed by atoms with Crippen LogP contribution in [0.15, 0.2) is 12.4 Å². The van der Waals surface area contributed by atoms with E-state index in [1.165, 1.54) is 6.26 Å². The third-order valence-electron chi connectivity index (χ3n) is 3.92. The van der Waals surface area contributed by atoms with Gasteiger partial charge in [0.25, 0.3) is 0 Å². The van der Waals surface area contributed by atoms with Gasteiger partial charge in [-0.25, -0.2) is 12.7 Å². The lowest BCUT2D eigenvalue weighted by molar-refractivity contribution is 0.240. The lowest BCUT2D eigenvalue weighted by Gasteiger charge is -2.30. The summed E-state index contributed by atoms with van der Waals surface area (Å²) < 4.78 is 26.7. The fourth-order valence-electron chi connectivity index (χ4n) is 2.65. The first-order valence-corrected chi connectivity index (χ1v) is 8.98. The summed E-state index contributed by atoms with van der Waals surface area (Å²) in [4.78, 5) is 0. The van der Waals surface area contributed by atoms with E-state index in [0.29, 0.717) is 19.0 Å². The van der Waals surface area contributed by atoms with Gasteiger partial charge in [-0.3, -0.25) is 4.68 Å². The summed E-state index contributed by atoms with van der Waals surface area (Å²) in [6.45, 7) is 4.03. The molecule has 2 rings (SSSR count). The lowest BCUT2D eigenvalue weighted by atomic mass is 10.00. The molecule has 0 radical (unpaired) electrons. The van der Waals surface area contributed by atoms with E-state index in [1.54, 1.807) is 4.31 Å². The van der Waals surface area contributed by atoms with Gasteiger partial charge < -0.3 is 5.73 Å². The van der Waals surface area contributed by atoms with E-state index < -0.39 is 10.0 Å². The number of hydrogen-bond donors (Lipinski definition) is 1. The molecule has 0 amide bonds. The molecular weight excluding hydrogens is 276 g/mol. The molecule has 0 spiro atoms. The standard InChI is InChI=1S/C13H24N4O2S/c1-3-13(14)12-7-15-16(10-12)8-11-5-4-6-17(9-11)20(2,18)19/h7,10-11,13H,3-6,8-9,14H2,1-2H3. The highest BCUT2D eigenvalue weighted by molar-refractivity contribution is 7.88. The molecular formula is C13H24N4O2S. The molecule has 1 aromatic heterocycles. The molecule has 1 aromatic rings. The fourth-order valence-corrected chi connectivity index (χ4v) is 3.59. The van der Waals surface area contributed by atoms with Gasteiger partial charge in [-0.1, -0.05) is 6.92 Å². The van der Waals surface area contributed by atoms with E-state index in [4.69, 9.17) is 5.73 Å². The minimum Gasteiger partial charge on any atom is -0.324 e. The van der Waals surface area contributed by atoms with Crippen molar-refractivity contribution in [1.29, 1.82) is 0 Å². The third-order valence-corrected chi connectivity index (χ3v) is 5.19. The second-order valence-electron chi connectivity index (χ2n) is 5.64. The monoisotopic (exact) mass is 300 g/mol. The smallest absolute Gasteiger partial charge is 0.211 e. The molecule has 7 heteroatoms. The van der Waals surface area contributed by atoms with Gasteiger partial charge in [0.2, 0.25) is 10.0 Å². The van der Waals surface area contributed by atoms with Crippen LogP contribution in [0.1, 0.15) is 37.8 Å². The topological polar surface area (TPSA) is 81.2 Å². The van der Waals surface area contributed by atoms with Crippen molar-refractivity contribution < 1.29 is 8.42 Å². The van der Waals surface area contributed by atoms with Gasteiger partial charge in [-0.05, 0) is 25.2 Å². The highest BCUT2D eigenvalue weighted by atomic mass is 32.2. The Morgan fingerprint density at radius 2 is 2.30 bits per heavy atom. The molecule has 20 heavy (non-hydrogen) atoms. The summed E-state index contributed by atoms with van der Waals surface area (Å²) in [6.07, 6.45) is 7.92. The second-order valence-corrected chi connectivity index (χ2v) is 7.62. The van der Waals surface area contributed by atoms with Crippen LogP contribution >= 0.6 is 0 Å². The number of hydrogen-bond acceptors (Lipinski definition) is 4. The van der Waals surface area contributed by atoms with Crippen LogP contribution in [0.5, 0.6) is 0 Å². The molecule has 2 atom stereocenters. The molecule has 1 saturated heterocycles. The van der Waals surface area contributed by atoms with E-state index in [2.05, 4.69) is 5.10 Å². The quantitative estimate of drug-likeness (QED) is 0.878. The molecule has 0 aliphatic carbocycles. The molecule has 1 aliphatic rings. The van der Waals surface area contributed by atoms with Crippen molar-refractivity contribution >= 4 is 10.0 Å². The molecule has 1 fully saturated rings. The number of sulfonamides is 1. The summed E-state index contributed by atoms with van der Waals surface area (Å²) in [7, 11) is -3.08. The maximum atomic E-state index is 11.6. The minimum atomic E-state index is -3.08. The molecule has 6 nitrogen and oxygen atoms in total. The summed E-state index contributed by atoms with van der Waals surface area (Å²) in [5.74, 6) is 0.323. The minimum absolute atomic E-state index is 0.0302. The molecule has 0 aromatic carbocycles. The average Bonchev–Trinajstić information content (AvgIpc) is 2.85. The van der Waals surface area contributed by atoms with Crippen molar-refractivity contribution in [3.05, 3.63) is 18.0 Å². The average molecular weight is 300 g/mol. The van der Waals surface area contributed by atoms with E-state index in [9.17, 15) is 8.42 Å². The van der Waals surface area contributed by atoms with Crippen molar-refractivity contribution in [3.8, 4) is 0 Å². The Morgan fingerprint density at radius 1 is 1.55 bits per heavy atom. The predicted molar refractivity (Wildman–Crippen MR) is 78.6 cm³/mol. The predicted octanol–water partition coefficient (Wildman–Crippen LogP) is 0.964. The summed E-state index contributed by atoms with van der Waals surface area (Å²) >= 11 is 0. The number of rotatable bonds is 5. The second kappa shape index (κ2) is 6.24. The van der Waals surface area contributed by atoms with Crippen molar-refractivity contribution in [2.45, 2.75) is 38.8 Å². The summed E-state index contributed by atoms with van der Waals surface area (Å²) in [5, 5.41) is 4.34. The summed E-state index contributed by atoms with van der Waals surface area (Å²) in [6, 6.07) is 0.0302. The molecule has 0 saturated carbocycles. The molecule has 1 aliphatic heterocycles. The Labute approximate surface area is 121 Å². The number of nitrogens with two attached hydrogens (primary N) is 1. The van der Waals surface area contributed by atoms with Gasteiger partial charge >= 0.3 is 0 Å². The van der Waals surface area contributed by atoms with E-state index in [-0.39, 0.29) is 6.04 Å². The third kappa shape index (κ3) is 3.80. The highest BCUT2D eigenvalue weighted by Crippen LogP contribution is 2.21. The number of aromatic nitrogens is 2. The maximum Gasteiger partial charge on any atom is 0.211 e. The van der Waals surface area contributed by atoms with E-state index in [1.807, 2.05) is 24.0 Å². The summed E-state index contributed by atoms with van der Waals surface area (Å²) in [5.41, 5.74) is 7.02. The first kappa shape index (κ1) is 15.5. The van der Waals surface area contributed by atoms with Gasteiger partial charge in [-0.15, -0.1) is 0 Å². The Hall–Kier alpha value is -0.920. The number of piperidine rings is 1. The van der Waals surface area contributed by atoms with Gasteiger partial charge in [0.1, 0.15) is 0 Å². The van der Waals surface area contributed by atoms with Crippen LogP contribution in [0, 0.1) is 5.92 Å². The van der Waals surface area contributed by atoms with Crippen LogP contribution in [0.2, 0.25) is 0 Å². The van der Waals surface area contributed by atoms with Crippen LogP contribution in [0.4, 0.5) is 0 Å². The Balaban J connectivity index is 1.98. The number of nitrogens with zero attached hydrogens (tertiary/aromatic N) is 3. The molecule has 2 heterocycles. The zero-order chi connectivity index (χ0) is 14.8. The van der Waals surface area contributed by atoms with Crippen LogP contribution in [-0.2, 0) is 16.6 Å². The van der Waals surface area contributed by atoms with Gasteiger partial charge in [-0.2, -0.15) is 5.10 Å². The Morgan fingerprint density at radius 3 is 2.95 bits per heavy atom. The first-order chi connectivity index (χ1) is 9.40. The van der Waals surface area contributed by atoms with E-state index in [0.717, 1.165) is 31.4 Å². The van der Waals surface area contributed by atoms with Crippen LogP contribution in [0.3, 0.4) is 0 Å². The van der Waals surface area contributed by atoms with Crippen molar-refractivity contribution in [3.63, 3.8) is 0 Å². The largest absolute Gasteiger partial charge is 0.324 e. The first-order valence-electron chi connectivity index (χ1n) is 7.13. The Bertz CT molecular complexity index is 540. The zero-order valence-corrected chi connectivity index (χ0v) is 13.0. The molecule has 2 N–H and O–H groups in total. The van der Waals surface area contributed by atoms with Gasteiger partial charge in [0.05, 0.1) is 12.5 Å².